The van der Waals surface area contributed by atoms with E-state index in [1.54, 1.807) is 24.7 Å². The third-order valence-electron chi connectivity index (χ3n) is 7.46. The zero-order chi connectivity index (χ0) is 28.4. The first kappa shape index (κ1) is 27.2. The van der Waals surface area contributed by atoms with Crippen molar-refractivity contribution in [1.82, 2.24) is 9.31 Å². The second-order valence-corrected chi connectivity index (χ2v) is 11.9. The number of fused-ring (bicyclic) bond motifs is 1. The number of allylic oxidation sites excluding steroid dienone is 1. The van der Waals surface area contributed by atoms with Crippen LogP contribution in [0.3, 0.4) is 0 Å². The Balaban J connectivity index is 1.20. The molecule has 0 bridgehead atoms. The molecule has 2 fully saturated rings. The third kappa shape index (κ3) is 5.50. The van der Waals surface area contributed by atoms with Gasteiger partial charge >= 0.3 is 5.97 Å². The lowest BCUT2D eigenvalue weighted by Gasteiger charge is -2.27. The van der Waals surface area contributed by atoms with E-state index in [1.165, 1.54) is 33.6 Å². The fraction of sp³-hybridized carbons (Fsp3) is 0.345. The van der Waals surface area contributed by atoms with Crippen LogP contribution in [-0.2, 0) is 24.3 Å². The molecular formula is C29H29N3O8S. The zero-order valence-corrected chi connectivity index (χ0v) is 23.0. The molecule has 2 atom stereocenters. The van der Waals surface area contributed by atoms with Gasteiger partial charge in [-0.25, -0.2) is 18.2 Å². The number of benzene rings is 1. The first-order valence-electron chi connectivity index (χ1n) is 13.5. The van der Waals surface area contributed by atoms with E-state index in [0.29, 0.717) is 24.7 Å². The first-order valence-corrected chi connectivity index (χ1v) is 14.9. The summed E-state index contributed by atoms with van der Waals surface area (Å²) in [4.78, 5) is 26.3. The lowest BCUT2D eigenvalue weighted by molar-refractivity contribution is -0.137. The maximum absolute atomic E-state index is 13.4. The standard InChI is InChI=1S/C29H29N3O8S/c33-26(19-40-29(34)21-6-1-8-23(18-21)41(35,36)31-11-15-37-16-12-31)32-28(25-10-4-14-39-25)24-9-2-5-20(27(24)30-32)17-22-7-3-13-38-22/h1,3-4,6-8,10,13-14,17-18,24,28H,2,5,9,11-12,15-16,19H2/b20-17-/t24-,28+/m0/s1. The highest BCUT2D eigenvalue weighted by molar-refractivity contribution is 7.89. The van der Waals surface area contributed by atoms with Crippen molar-refractivity contribution in [2.45, 2.75) is 30.2 Å². The van der Waals surface area contributed by atoms with Crippen molar-refractivity contribution in [2.75, 3.05) is 32.9 Å². The number of rotatable bonds is 7. The van der Waals surface area contributed by atoms with Crippen LogP contribution in [0.15, 0.2) is 85.5 Å². The van der Waals surface area contributed by atoms with Crippen LogP contribution >= 0.6 is 0 Å². The normalized spacial score (nSPS) is 22.4. The summed E-state index contributed by atoms with van der Waals surface area (Å²) in [6.07, 6.45) is 7.61. The van der Waals surface area contributed by atoms with Crippen LogP contribution in [0.5, 0.6) is 0 Å². The van der Waals surface area contributed by atoms with Crippen LogP contribution in [0, 0.1) is 5.92 Å². The topological polar surface area (TPSA) is 132 Å². The molecule has 0 N–H and O–H groups in total. The summed E-state index contributed by atoms with van der Waals surface area (Å²) in [5, 5.41) is 6.04. The summed E-state index contributed by atoms with van der Waals surface area (Å²) in [5.74, 6) is -0.119. The number of amides is 1. The van der Waals surface area contributed by atoms with E-state index in [-0.39, 0.29) is 29.5 Å². The molecule has 4 heterocycles. The number of carbonyl (C=O) groups excluding carboxylic acids is 2. The van der Waals surface area contributed by atoms with E-state index in [0.717, 1.165) is 30.5 Å². The third-order valence-corrected chi connectivity index (χ3v) is 9.35. The fourth-order valence-electron chi connectivity index (χ4n) is 5.49. The molecule has 3 aromatic rings. The highest BCUT2D eigenvalue weighted by Gasteiger charge is 2.45. The minimum atomic E-state index is -3.80. The minimum Gasteiger partial charge on any atom is -0.467 e. The van der Waals surface area contributed by atoms with E-state index in [2.05, 4.69) is 0 Å². The van der Waals surface area contributed by atoms with E-state index in [1.807, 2.05) is 18.2 Å². The molecule has 3 aliphatic rings. The summed E-state index contributed by atoms with van der Waals surface area (Å²) >= 11 is 0. The number of hydrogen-bond acceptors (Lipinski definition) is 9. The highest BCUT2D eigenvalue weighted by Crippen LogP contribution is 2.44. The summed E-state index contributed by atoms with van der Waals surface area (Å²) in [6, 6.07) is 12.4. The van der Waals surface area contributed by atoms with Gasteiger partial charge in [0.15, 0.2) is 6.61 Å². The molecular weight excluding hydrogens is 550 g/mol. The number of ether oxygens (including phenoxy) is 2. The Morgan fingerprint density at radius 2 is 1.85 bits per heavy atom. The molecule has 0 radical (unpaired) electrons. The van der Waals surface area contributed by atoms with E-state index in [4.69, 9.17) is 23.4 Å². The molecule has 2 aromatic heterocycles. The Hall–Kier alpha value is -4.00. The Morgan fingerprint density at radius 1 is 1.05 bits per heavy atom. The molecule has 12 heteroatoms. The van der Waals surface area contributed by atoms with Gasteiger partial charge in [-0.15, -0.1) is 0 Å². The van der Waals surface area contributed by atoms with Crippen LogP contribution in [0.2, 0.25) is 0 Å². The zero-order valence-electron chi connectivity index (χ0n) is 22.2. The fourth-order valence-corrected chi connectivity index (χ4v) is 6.94. The number of morpholine rings is 1. The SMILES string of the molecule is O=C(OCC(=O)N1N=C2/C(=C\c3ccco3)CCC[C@@H]2[C@@H]1c1ccco1)c1cccc(S(=O)(=O)N2CCOCC2)c1. The predicted octanol–water partition coefficient (Wildman–Crippen LogP) is 3.87. The molecule has 1 saturated carbocycles. The molecule has 2 aliphatic heterocycles. The molecule has 6 rings (SSSR count). The van der Waals surface area contributed by atoms with Gasteiger partial charge in [-0.3, -0.25) is 4.79 Å². The number of hydrogen-bond donors (Lipinski definition) is 0. The van der Waals surface area contributed by atoms with Crippen LogP contribution in [0.25, 0.3) is 6.08 Å². The summed E-state index contributed by atoms with van der Waals surface area (Å²) in [7, 11) is -3.80. The predicted molar refractivity (Wildman–Crippen MR) is 146 cm³/mol. The Morgan fingerprint density at radius 3 is 2.61 bits per heavy atom. The van der Waals surface area contributed by atoms with Gasteiger partial charge in [-0.1, -0.05) is 6.07 Å². The highest BCUT2D eigenvalue weighted by atomic mass is 32.2. The molecule has 41 heavy (non-hydrogen) atoms. The Kier molecular flexibility index (Phi) is 7.61. The molecule has 1 aliphatic carbocycles. The lowest BCUT2D eigenvalue weighted by atomic mass is 9.79. The van der Waals surface area contributed by atoms with Crippen molar-refractivity contribution in [2.24, 2.45) is 11.0 Å². The van der Waals surface area contributed by atoms with Gasteiger partial charge in [-0.05, 0) is 73.4 Å². The minimum absolute atomic E-state index is 0.0241. The molecule has 1 amide bonds. The van der Waals surface area contributed by atoms with Crippen LogP contribution in [0.1, 0.15) is 47.2 Å². The largest absolute Gasteiger partial charge is 0.467 e. The molecule has 0 spiro atoms. The second kappa shape index (κ2) is 11.5. The Labute approximate surface area is 237 Å². The average Bonchev–Trinajstić information content (AvgIpc) is 3.78. The van der Waals surface area contributed by atoms with Crippen molar-refractivity contribution < 1.29 is 36.3 Å². The van der Waals surface area contributed by atoms with Crippen molar-refractivity contribution in [3.63, 3.8) is 0 Å². The quantitative estimate of drug-likeness (QED) is 0.386. The van der Waals surface area contributed by atoms with Crippen LogP contribution in [-0.4, -0.2) is 68.2 Å². The van der Waals surface area contributed by atoms with Gasteiger partial charge in [0.05, 0.1) is 41.9 Å². The summed E-state index contributed by atoms with van der Waals surface area (Å²) in [6.45, 7) is 0.519. The molecule has 1 saturated heterocycles. The Bertz CT molecular complexity index is 1570. The van der Waals surface area contributed by atoms with E-state index in [9.17, 15) is 18.0 Å². The number of sulfonamides is 1. The maximum Gasteiger partial charge on any atom is 0.338 e. The van der Waals surface area contributed by atoms with Gasteiger partial charge in [-0.2, -0.15) is 9.41 Å². The average molecular weight is 580 g/mol. The number of carbonyl (C=O) groups is 2. The van der Waals surface area contributed by atoms with Crippen molar-refractivity contribution in [3.05, 3.63) is 83.7 Å². The van der Waals surface area contributed by atoms with Crippen LogP contribution in [0.4, 0.5) is 0 Å². The number of esters is 1. The van der Waals surface area contributed by atoms with Gasteiger partial charge in [0.2, 0.25) is 10.0 Å². The number of furan rings is 2. The lowest BCUT2D eigenvalue weighted by Crippen LogP contribution is -2.40. The molecule has 214 valence electrons. The van der Waals surface area contributed by atoms with Gasteiger partial charge < -0.3 is 18.3 Å². The monoisotopic (exact) mass is 579 g/mol. The van der Waals surface area contributed by atoms with Crippen molar-refractivity contribution >= 4 is 33.7 Å². The van der Waals surface area contributed by atoms with Crippen LogP contribution < -0.4 is 0 Å². The summed E-state index contributed by atoms with van der Waals surface area (Å²) < 4.78 is 49.2. The maximum atomic E-state index is 13.4. The van der Waals surface area contributed by atoms with Crippen molar-refractivity contribution in [1.29, 1.82) is 0 Å². The first-order chi connectivity index (χ1) is 19.9. The smallest absolute Gasteiger partial charge is 0.338 e. The molecule has 1 aromatic carbocycles. The van der Waals surface area contributed by atoms with Gasteiger partial charge in [0.1, 0.15) is 17.6 Å². The molecule has 0 unspecified atom stereocenters. The van der Waals surface area contributed by atoms with E-state index < -0.39 is 34.5 Å². The number of hydrazone groups is 1. The second-order valence-electron chi connectivity index (χ2n) is 9.99. The van der Waals surface area contributed by atoms with Gasteiger partial charge in [0, 0.05) is 19.0 Å². The van der Waals surface area contributed by atoms with Crippen molar-refractivity contribution in [3.8, 4) is 0 Å². The van der Waals surface area contributed by atoms with E-state index >= 15 is 0 Å². The number of nitrogens with zero attached hydrogens (tertiary/aromatic N) is 3. The summed E-state index contributed by atoms with van der Waals surface area (Å²) in [5.41, 5.74) is 1.80. The van der Waals surface area contributed by atoms with Gasteiger partial charge in [0.25, 0.3) is 5.91 Å². The molecule has 11 nitrogen and oxygen atoms in total.